The Balaban J connectivity index is 1.45. The van der Waals surface area contributed by atoms with Crippen molar-refractivity contribution in [1.82, 2.24) is 15.0 Å². The van der Waals surface area contributed by atoms with Gasteiger partial charge in [0.05, 0.1) is 29.2 Å². The number of rotatable bonds is 6. The molecule has 35 heavy (non-hydrogen) atoms. The first-order valence-corrected chi connectivity index (χ1v) is 11.2. The quantitative estimate of drug-likeness (QED) is 0.431. The smallest absolute Gasteiger partial charge is 0.303 e. The van der Waals surface area contributed by atoms with Gasteiger partial charge in [0.1, 0.15) is 5.82 Å². The molecule has 0 fully saturated rings. The second-order valence-corrected chi connectivity index (χ2v) is 8.29. The highest BCUT2D eigenvalue weighted by Gasteiger charge is 2.33. The zero-order valence-corrected chi connectivity index (χ0v) is 18.6. The molecule has 3 aromatic carbocycles. The summed E-state index contributed by atoms with van der Waals surface area (Å²) in [5.74, 6) is -1.67. The Hall–Kier alpha value is -4.46. The Labute approximate surface area is 200 Å². The van der Waals surface area contributed by atoms with E-state index in [4.69, 9.17) is 5.11 Å². The van der Waals surface area contributed by atoms with E-state index in [1.807, 2.05) is 42.5 Å². The lowest BCUT2D eigenvalue weighted by Gasteiger charge is -2.22. The maximum Gasteiger partial charge on any atom is 0.303 e. The molecule has 2 heterocycles. The lowest BCUT2D eigenvalue weighted by atomic mass is 9.96. The maximum absolute atomic E-state index is 13.2. The summed E-state index contributed by atoms with van der Waals surface area (Å²) in [7, 11) is 0. The predicted molar refractivity (Wildman–Crippen MR) is 129 cm³/mol. The number of aliphatic carboxylic acids is 1. The third-order valence-corrected chi connectivity index (χ3v) is 5.99. The third kappa shape index (κ3) is 4.77. The summed E-state index contributed by atoms with van der Waals surface area (Å²) in [5.41, 5.74) is 5.72. The largest absolute Gasteiger partial charge is 0.481 e. The molecular weight excluding hydrogens is 447 g/mol. The molecule has 0 radical (unpaired) electrons. The van der Waals surface area contributed by atoms with Crippen molar-refractivity contribution in [3.63, 3.8) is 0 Å². The molecule has 1 aliphatic heterocycles. The molecule has 0 saturated heterocycles. The van der Waals surface area contributed by atoms with Crippen LogP contribution < -0.4 is 0 Å². The maximum atomic E-state index is 13.2. The lowest BCUT2D eigenvalue weighted by Crippen LogP contribution is -2.27. The van der Waals surface area contributed by atoms with Gasteiger partial charge in [-0.05, 0) is 46.5 Å². The van der Waals surface area contributed by atoms with Gasteiger partial charge < -0.3 is 5.11 Å². The number of benzene rings is 3. The SMILES string of the molecule is O=C(O)CCC(=O)N1N=C(c2ccc(-c3ccc(F)cc3)cc2)CC1c1ccc2nccnc2c1. The molecule has 1 amide bonds. The fraction of sp³-hybridized carbons (Fsp3) is 0.148. The van der Waals surface area contributed by atoms with Crippen molar-refractivity contribution in [2.45, 2.75) is 25.3 Å². The molecule has 1 atom stereocenters. The van der Waals surface area contributed by atoms with Crippen LogP contribution in [0.25, 0.3) is 22.2 Å². The lowest BCUT2D eigenvalue weighted by molar-refractivity contribution is -0.141. The molecule has 4 aromatic rings. The molecule has 5 rings (SSSR count). The van der Waals surface area contributed by atoms with Crippen LogP contribution in [0.3, 0.4) is 0 Å². The van der Waals surface area contributed by atoms with E-state index in [9.17, 15) is 14.0 Å². The molecule has 0 spiro atoms. The van der Waals surface area contributed by atoms with E-state index < -0.39 is 5.97 Å². The summed E-state index contributed by atoms with van der Waals surface area (Å²) in [6, 6.07) is 19.3. The second-order valence-electron chi connectivity index (χ2n) is 8.29. The fourth-order valence-corrected chi connectivity index (χ4v) is 4.19. The monoisotopic (exact) mass is 468 g/mol. The zero-order valence-electron chi connectivity index (χ0n) is 18.6. The molecule has 0 bridgehead atoms. The van der Waals surface area contributed by atoms with Gasteiger partial charge in [0.25, 0.3) is 0 Å². The molecule has 174 valence electrons. The van der Waals surface area contributed by atoms with E-state index in [2.05, 4.69) is 15.1 Å². The van der Waals surface area contributed by atoms with Crippen LogP contribution in [0.1, 0.15) is 36.4 Å². The van der Waals surface area contributed by atoms with E-state index in [-0.39, 0.29) is 30.6 Å². The first-order valence-electron chi connectivity index (χ1n) is 11.2. The summed E-state index contributed by atoms with van der Waals surface area (Å²) in [4.78, 5) is 32.6. The Kier molecular flexibility index (Phi) is 6.01. The van der Waals surface area contributed by atoms with Crippen LogP contribution in [-0.2, 0) is 9.59 Å². The van der Waals surface area contributed by atoms with Crippen LogP contribution in [0, 0.1) is 5.82 Å². The highest BCUT2D eigenvalue weighted by molar-refractivity contribution is 6.03. The number of aromatic nitrogens is 2. The predicted octanol–water partition coefficient (Wildman–Crippen LogP) is 4.98. The van der Waals surface area contributed by atoms with E-state index in [1.165, 1.54) is 17.1 Å². The number of carbonyl (C=O) groups is 2. The Bertz CT molecular complexity index is 1440. The van der Waals surface area contributed by atoms with Crippen molar-refractivity contribution in [2.75, 3.05) is 0 Å². The van der Waals surface area contributed by atoms with Crippen molar-refractivity contribution >= 4 is 28.6 Å². The second kappa shape index (κ2) is 9.42. The van der Waals surface area contributed by atoms with Gasteiger partial charge in [0.15, 0.2) is 0 Å². The van der Waals surface area contributed by atoms with E-state index >= 15 is 0 Å². The van der Waals surface area contributed by atoms with E-state index in [1.54, 1.807) is 24.5 Å². The number of carboxylic acid groups (broad SMARTS) is 1. The van der Waals surface area contributed by atoms with Crippen LogP contribution in [0.5, 0.6) is 0 Å². The van der Waals surface area contributed by atoms with Crippen molar-refractivity contribution < 1.29 is 19.1 Å². The minimum absolute atomic E-state index is 0.139. The topological polar surface area (TPSA) is 95.8 Å². The molecular formula is C27H21FN4O3. The molecule has 0 saturated carbocycles. The average molecular weight is 468 g/mol. The number of amides is 1. The Morgan fingerprint density at radius 3 is 2.17 bits per heavy atom. The van der Waals surface area contributed by atoms with Gasteiger partial charge in [0, 0.05) is 25.2 Å². The first kappa shape index (κ1) is 22.3. The molecule has 1 unspecified atom stereocenters. The van der Waals surface area contributed by atoms with Crippen molar-refractivity contribution in [3.8, 4) is 11.1 Å². The minimum Gasteiger partial charge on any atom is -0.481 e. The number of hydrogen-bond acceptors (Lipinski definition) is 5. The zero-order chi connectivity index (χ0) is 24.4. The van der Waals surface area contributed by atoms with Crippen LogP contribution in [0.15, 0.2) is 84.2 Å². The fourth-order valence-electron chi connectivity index (χ4n) is 4.19. The molecule has 1 N–H and O–H groups in total. The van der Waals surface area contributed by atoms with Crippen LogP contribution in [-0.4, -0.2) is 37.7 Å². The molecule has 1 aliphatic rings. The Morgan fingerprint density at radius 1 is 0.857 bits per heavy atom. The summed E-state index contributed by atoms with van der Waals surface area (Å²) in [6.45, 7) is 0. The molecule has 7 nitrogen and oxygen atoms in total. The molecule has 0 aliphatic carbocycles. The summed E-state index contributed by atoms with van der Waals surface area (Å²) < 4.78 is 13.2. The number of carboxylic acids is 1. The molecule has 1 aromatic heterocycles. The summed E-state index contributed by atoms with van der Waals surface area (Å²) in [5, 5.41) is 15.0. The van der Waals surface area contributed by atoms with Gasteiger partial charge in [0.2, 0.25) is 5.91 Å². The van der Waals surface area contributed by atoms with Crippen molar-refractivity contribution in [2.24, 2.45) is 5.10 Å². The highest BCUT2D eigenvalue weighted by atomic mass is 19.1. The number of nitrogens with zero attached hydrogens (tertiary/aromatic N) is 4. The Morgan fingerprint density at radius 2 is 1.49 bits per heavy atom. The van der Waals surface area contributed by atoms with Gasteiger partial charge in [-0.25, -0.2) is 9.40 Å². The number of hydrazone groups is 1. The van der Waals surface area contributed by atoms with Gasteiger partial charge >= 0.3 is 5.97 Å². The number of carbonyl (C=O) groups excluding carboxylic acids is 1. The summed E-state index contributed by atoms with van der Waals surface area (Å²) in [6.07, 6.45) is 3.31. The van der Waals surface area contributed by atoms with Crippen LogP contribution >= 0.6 is 0 Å². The molecule has 8 heteroatoms. The first-order chi connectivity index (χ1) is 17.0. The number of halogens is 1. The average Bonchev–Trinajstić information content (AvgIpc) is 3.33. The van der Waals surface area contributed by atoms with Gasteiger partial charge in [-0.1, -0.05) is 42.5 Å². The van der Waals surface area contributed by atoms with Crippen LogP contribution in [0.2, 0.25) is 0 Å². The van der Waals surface area contributed by atoms with Gasteiger partial charge in [-0.3, -0.25) is 19.6 Å². The minimum atomic E-state index is -1.03. The standard InChI is InChI=1S/C27H21FN4O3/c28-21-8-5-18(6-9-21)17-1-3-19(4-2-17)23-16-25(32(31-23)26(33)11-12-27(34)35)20-7-10-22-24(15-20)30-14-13-29-22/h1-10,13-15,25H,11-12,16H2,(H,34,35). The highest BCUT2D eigenvalue weighted by Crippen LogP contribution is 2.35. The van der Waals surface area contributed by atoms with Gasteiger partial charge in [-0.2, -0.15) is 5.10 Å². The van der Waals surface area contributed by atoms with Crippen LogP contribution in [0.4, 0.5) is 4.39 Å². The summed E-state index contributed by atoms with van der Waals surface area (Å²) >= 11 is 0. The normalized spacial score (nSPS) is 15.3. The van der Waals surface area contributed by atoms with Crippen molar-refractivity contribution in [3.05, 3.63) is 96.1 Å². The van der Waals surface area contributed by atoms with E-state index in [0.29, 0.717) is 11.9 Å². The number of hydrogen-bond donors (Lipinski definition) is 1. The van der Waals surface area contributed by atoms with E-state index in [0.717, 1.165) is 33.5 Å². The van der Waals surface area contributed by atoms with Crippen molar-refractivity contribution in [1.29, 1.82) is 0 Å². The van der Waals surface area contributed by atoms with Gasteiger partial charge in [-0.15, -0.1) is 0 Å². The number of fused-ring (bicyclic) bond motifs is 1. The third-order valence-electron chi connectivity index (χ3n) is 5.99.